The summed E-state index contributed by atoms with van der Waals surface area (Å²) < 4.78 is 1.39. The molecule has 1 fully saturated rings. The zero-order valence-electron chi connectivity index (χ0n) is 9.99. The maximum atomic E-state index is 10.00. The predicted octanol–water partition coefficient (Wildman–Crippen LogP) is 0.433. The Morgan fingerprint density at radius 1 is 1.37 bits per heavy atom. The molecule has 8 nitrogen and oxygen atoms in total. The van der Waals surface area contributed by atoms with E-state index in [2.05, 4.69) is 30.4 Å². The van der Waals surface area contributed by atoms with Gasteiger partial charge in [-0.05, 0) is 30.9 Å². The summed E-state index contributed by atoms with van der Waals surface area (Å²) in [5.41, 5.74) is -0.660. The Bertz CT molecular complexity index is 569. The molecule has 0 amide bonds. The molecule has 0 saturated heterocycles. The fourth-order valence-electron chi connectivity index (χ4n) is 1.84. The smallest absolute Gasteiger partial charge is 0.258 e. The molecule has 2 aromatic rings. The van der Waals surface area contributed by atoms with Crippen molar-refractivity contribution < 1.29 is 5.11 Å². The molecule has 2 heterocycles. The van der Waals surface area contributed by atoms with E-state index in [4.69, 9.17) is 11.6 Å². The lowest BCUT2D eigenvalue weighted by molar-refractivity contribution is -0.0203. The van der Waals surface area contributed by atoms with E-state index >= 15 is 0 Å². The minimum Gasteiger partial charge on any atom is -0.388 e. The number of halogens is 1. The summed E-state index contributed by atoms with van der Waals surface area (Å²) in [5.74, 6) is 0.589. The van der Waals surface area contributed by atoms with Crippen molar-refractivity contribution in [1.82, 2.24) is 29.7 Å². The number of aromatic nitrogens is 6. The van der Waals surface area contributed by atoms with Crippen molar-refractivity contribution in [1.29, 1.82) is 0 Å². The maximum absolute atomic E-state index is 10.00. The van der Waals surface area contributed by atoms with Crippen molar-refractivity contribution in [3.05, 3.63) is 17.9 Å². The summed E-state index contributed by atoms with van der Waals surface area (Å²) in [6.07, 6.45) is 5.46. The SMILES string of the molecule is OC1(CNc2nc(Cl)nc(-n3cncn3)n2)CCC1. The van der Waals surface area contributed by atoms with Gasteiger partial charge < -0.3 is 10.4 Å². The maximum Gasteiger partial charge on any atom is 0.258 e. The monoisotopic (exact) mass is 281 g/mol. The van der Waals surface area contributed by atoms with Crippen LogP contribution < -0.4 is 5.32 Å². The standard InChI is InChI=1S/C10H12ClN7O/c11-7-15-8(13-4-10(19)2-1-3-10)17-9(16-7)18-6-12-5-14-18/h5-6,19H,1-4H2,(H,13,15,16,17). The van der Waals surface area contributed by atoms with Crippen LogP contribution in [-0.2, 0) is 0 Å². The summed E-state index contributed by atoms with van der Waals surface area (Å²) in [5, 5.41) is 17.0. The van der Waals surface area contributed by atoms with E-state index in [1.807, 2.05) is 0 Å². The number of anilines is 1. The third-order valence-electron chi connectivity index (χ3n) is 3.08. The van der Waals surface area contributed by atoms with Gasteiger partial charge in [-0.2, -0.15) is 24.7 Å². The van der Waals surface area contributed by atoms with Crippen LogP contribution in [0.2, 0.25) is 5.28 Å². The fourth-order valence-corrected chi connectivity index (χ4v) is 1.99. The largest absolute Gasteiger partial charge is 0.388 e. The highest BCUT2D eigenvalue weighted by atomic mass is 35.5. The van der Waals surface area contributed by atoms with Crippen molar-refractivity contribution in [2.45, 2.75) is 24.9 Å². The minimum atomic E-state index is -0.660. The molecule has 0 spiro atoms. The topological polar surface area (TPSA) is 102 Å². The van der Waals surface area contributed by atoms with Crippen LogP contribution in [0.1, 0.15) is 19.3 Å². The van der Waals surface area contributed by atoms with E-state index < -0.39 is 5.60 Å². The molecule has 2 aromatic heterocycles. The van der Waals surface area contributed by atoms with Crippen molar-refractivity contribution in [2.24, 2.45) is 0 Å². The Morgan fingerprint density at radius 2 is 2.21 bits per heavy atom. The highest BCUT2D eigenvalue weighted by Crippen LogP contribution is 2.31. The Kier molecular flexibility index (Phi) is 3.03. The van der Waals surface area contributed by atoms with Crippen LogP contribution in [0, 0.1) is 0 Å². The van der Waals surface area contributed by atoms with Crippen LogP contribution in [0.25, 0.3) is 5.95 Å². The summed E-state index contributed by atoms with van der Waals surface area (Å²) in [6.45, 7) is 0.393. The Hall–Kier alpha value is -1.80. The van der Waals surface area contributed by atoms with E-state index in [9.17, 15) is 5.11 Å². The molecular formula is C10H12ClN7O. The van der Waals surface area contributed by atoms with Gasteiger partial charge in [0.25, 0.3) is 5.95 Å². The minimum absolute atomic E-state index is 0.0589. The van der Waals surface area contributed by atoms with Crippen LogP contribution in [0.5, 0.6) is 0 Å². The molecule has 1 aliphatic rings. The Balaban J connectivity index is 1.78. The molecule has 0 aromatic carbocycles. The van der Waals surface area contributed by atoms with Gasteiger partial charge in [-0.3, -0.25) is 0 Å². The molecule has 19 heavy (non-hydrogen) atoms. The number of nitrogens with zero attached hydrogens (tertiary/aromatic N) is 6. The third-order valence-corrected chi connectivity index (χ3v) is 3.25. The average Bonchev–Trinajstić information content (AvgIpc) is 2.87. The molecule has 0 radical (unpaired) electrons. The summed E-state index contributed by atoms with van der Waals surface area (Å²) in [6, 6.07) is 0. The first kappa shape index (κ1) is 12.2. The lowest BCUT2D eigenvalue weighted by Crippen LogP contribution is -2.43. The quantitative estimate of drug-likeness (QED) is 0.838. The van der Waals surface area contributed by atoms with Gasteiger partial charge in [-0.15, -0.1) is 0 Å². The first-order valence-corrected chi connectivity index (χ1v) is 6.25. The fraction of sp³-hybridized carbons (Fsp3) is 0.500. The Morgan fingerprint density at radius 3 is 2.84 bits per heavy atom. The van der Waals surface area contributed by atoms with Crippen molar-refractivity contribution >= 4 is 17.5 Å². The number of rotatable bonds is 4. The van der Waals surface area contributed by atoms with Gasteiger partial charge in [0.1, 0.15) is 12.7 Å². The molecule has 3 rings (SSSR count). The number of hydrogen-bond acceptors (Lipinski definition) is 7. The van der Waals surface area contributed by atoms with E-state index in [-0.39, 0.29) is 11.2 Å². The van der Waals surface area contributed by atoms with Crippen molar-refractivity contribution in [3.63, 3.8) is 0 Å². The second-order valence-corrected chi connectivity index (χ2v) is 4.84. The van der Waals surface area contributed by atoms with Crippen LogP contribution in [-0.4, -0.2) is 47.0 Å². The van der Waals surface area contributed by atoms with E-state index in [1.54, 1.807) is 0 Å². The normalized spacial score (nSPS) is 16.9. The summed E-state index contributed by atoms with van der Waals surface area (Å²) in [4.78, 5) is 15.9. The van der Waals surface area contributed by atoms with Crippen molar-refractivity contribution in [3.8, 4) is 5.95 Å². The molecule has 9 heteroatoms. The van der Waals surface area contributed by atoms with Gasteiger partial charge in [0, 0.05) is 6.54 Å². The van der Waals surface area contributed by atoms with Crippen LogP contribution >= 0.6 is 11.6 Å². The molecule has 1 aliphatic carbocycles. The highest BCUT2D eigenvalue weighted by molar-refractivity contribution is 6.28. The third kappa shape index (κ3) is 2.64. The second kappa shape index (κ2) is 4.71. The van der Waals surface area contributed by atoms with Crippen LogP contribution in [0.3, 0.4) is 0 Å². The van der Waals surface area contributed by atoms with E-state index in [0.717, 1.165) is 19.3 Å². The van der Waals surface area contributed by atoms with Crippen molar-refractivity contribution in [2.75, 3.05) is 11.9 Å². The zero-order chi connectivity index (χ0) is 13.3. The molecular weight excluding hydrogens is 270 g/mol. The highest BCUT2D eigenvalue weighted by Gasteiger charge is 2.34. The molecule has 0 bridgehead atoms. The Labute approximate surface area is 113 Å². The lowest BCUT2D eigenvalue weighted by atomic mass is 9.80. The first-order valence-electron chi connectivity index (χ1n) is 5.87. The summed E-state index contributed by atoms with van der Waals surface area (Å²) >= 11 is 5.84. The first-order chi connectivity index (χ1) is 9.15. The van der Waals surface area contributed by atoms with Crippen LogP contribution in [0.4, 0.5) is 5.95 Å². The lowest BCUT2D eigenvalue weighted by Gasteiger charge is -2.36. The molecule has 1 saturated carbocycles. The number of nitrogens with one attached hydrogen (secondary N) is 1. The van der Waals surface area contributed by atoms with Gasteiger partial charge in [-0.25, -0.2) is 4.98 Å². The number of aliphatic hydroxyl groups is 1. The van der Waals surface area contributed by atoms with Gasteiger partial charge in [0.05, 0.1) is 5.60 Å². The molecule has 0 aliphatic heterocycles. The molecule has 2 N–H and O–H groups in total. The van der Waals surface area contributed by atoms with Gasteiger partial charge in [0.2, 0.25) is 11.2 Å². The van der Waals surface area contributed by atoms with Gasteiger partial charge in [-0.1, -0.05) is 0 Å². The zero-order valence-corrected chi connectivity index (χ0v) is 10.7. The number of hydrogen-bond donors (Lipinski definition) is 2. The summed E-state index contributed by atoms with van der Waals surface area (Å²) in [7, 11) is 0. The van der Waals surface area contributed by atoms with E-state index in [0.29, 0.717) is 12.5 Å². The molecule has 0 atom stereocenters. The molecule has 0 unspecified atom stereocenters. The van der Waals surface area contributed by atoms with Gasteiger partial charge in [0.15, 0.2) is 0 Å². The van der Waals surface area contributed by atoms with Crippen LogP contribution in [0.15, 0.2) is 12.7 Å². The predicted molar refractivity (Wildman–Crippen MR) is 67.0 cm³/mol. The van der Waals surface area contributed by atoms with Gasteiger partial charge >= 0.3 is 0 Å². The average molecular weight is 282 g/mol. The molecule has 100 valence electrons. The second-order valence-electron chi connectivity index (χ2n) is 4.50. The van der Waals surface area contributed by atoms with E-state index in [1.165, 1.54) is 17.3 Å².